The van der Waals surface area contributed by atoms with Crippen LogP contribution in [0.4, 0.5) is 21.7 Å². The van der Waals surface area contributed by atoms with Crippen molar-refractivity contribution in [3.05, 3.63) is 83.2 Å². The van der Waals surface area contributed by atoms with Gasteiger partial charge in [0.05, 0.1) is 23.4 Å². The van der Waals surface area contributed by atoms with Gasteiger partial charge in [-0.2, -0.15) is 5.26 Å². The van der Waals surface area contributed by atoms with E-state index < -0.39 is 0 Å². The smallest absolute Gasteiger partial charge is 0.150 e. The SMILES string of the molecule is CC#CN(c1ccc(C#N)cc1)c1nc(N2CCCC2c2cccc(F)c2)ccc1C. The summed E-state index contributed by atoms with van der Waals surface area (Å²) in [7, 11) is 0. The quantitative estimate of drug-likeness (QED) is 0.399. The van der Waals surface area contributed by atoms with Crippen molar-refractivity contribution in [1.82, 2.24) is 4.98 Å². The number of hydrogen-bond donors (Lipinski definition) is 0. The summed E-state index contributed by atoms with van der Waals surface area (Å²) in [5.41, 5.74) is 3.42. The van der Waals surface area contributed by atoms with Gasteiger partial charge in [0.2, 0.25) is 0 Å². The van der Waals surface area contributed by atoms with Gasteiger partial charge >= 0.3 is 0 Å². The maximum Gasteiger partial charge on any atom is 0.150 e. The molecule has 0 N–H and O–H groups in total. The summed E-state index contributed by atoms with van der Waals surface area (Å²) in [5, 5.41) is 9.09. The van der Waals surface area contributed by atoms with Gasteiger partial charge in [0.15, 0.2) is 0 Å². The molecule has 1 atom stereocenters. The second-order valence-corrected chi connectivity index (χ2v) is 7.57. The molecule has 1 aliphatic rings. The van der Waals surface area contributed by atoms with Crippen LogP contribution in [0, 0.1) is 36.0 Å². The molecule has 0 saturated carbocycles. The molecule has 154 valence electrons. The van der Waals surface area contributed by atoms with Gasteiger partial charge in [0.1, 0.15) is 17.5 Å². The summed E-state index contributed by atoms with van der Waals surface area (Å²) < 4.78 is 13.8. The summed E-state index contributed by atoms with van der Waals surface area (Å²) in [6, 6.07) is 23.6. The lowest BCUT2D eigenvalue weighted by Gasteiger charge is -2.28. The van der Waals surface area contributed by atoms with Crippen LogP contribution in [0.2, 0.25) is 0 Å². The number of rotatable bonds is 4. The molecule has 5 heteroatoms. The van der Waals surface area contributed by atoms with E-state index in [-0.39, 0.29) is 11.9 Å². The Morgan fingerprint density at radius 2 is 1.94 bits per heavy atom. The fraction of sp³-hybridized carbons (Fsp3) is 0.231. The van der Waals surface area contributed by atoms with E-state index in [1.54, 1.807) is 31.2 Å². The van der Waals surface area contributed by atoms with E-state index in [1.165, 1.54) is 6.07 Å². The fourth-order valence-electron chi connectivity index (χ4n) is 4.03. The lowest BCUT2D eigenvalue weighted by molar-refractivity contribution is 0.618. The molecule has 1 aromatic heterocycles. The second-order valence-electron chi connectivity index (χ2n) is 7.57. The average Bonchev–Trinajstić information content (AvgIpc) is 3.28. The Labute approximate surface area is 182 Å². The van der Waals surface area contributed by atoms with Crippen LogP contribution in [-0.2, 0) is 0 Å². The lowest BCUT2D eigenvalue weighted by Crippen LogP contribution is -2.24. The zero-order valence-corrected chi connectivity index (χ0v) is 17.6. The zero-order valence-electron chi connectivity index (χ0n) is 17.6. The summed E-state index contributed by atoms with van der Waals surface area (Å²) in [5.74, 6) is 4.35. The van der Waals surface area contributed by atoms with Crippen LogP contribution in [0.15, 0.2) is 60.7 Å². The highest BCUT2D eigenvalue weighted by Gasteiger charge is 2.28. The highest BCUT2D eigenvalue weighted by molar-refractivity contribution is 5.70. The molecule has 0 radical (unpaired) electrons. The molecule has 1 unspecified atom stereocenters. The highest BCUT2D eigenvalue weighted by Crippen LogP contribution is 2.37. The standard InChI is InChI=1S/C26H23FN4/c1-3-15-30(23-12-10-20(18-28)11-13-23)26-19(2)9-14-25(29-26)31-16-5-8-24(31)21-6-4-7-22(27)17-21/h4,6-7,9-14,17,24H,5,8,16H2,1-2H3. The van der Waals surface area contributed by atoms with E-state index in [9.17, 15) is 4.39 Å². The van der Waals surface area contributed by atoms with Crippen LogP contribution in [0.5, 0.6) is 0 Å². The van der Waals surface area contributed by atoms with Gasteiger partial charge < -0.3 is 4.90 Å². The summed E-state index contributed by atoms with van der Waals surface area (Å²) in [6.45, 7) is 4.66. The minimum Gasteiger partial charge on any atom is -0.350 e. The molecular formula is C26H23FN4. The molecule has 4 nitrogen and oxygen atoms in total. The van der Waals surface area contributed by atoms with Crippen molar-refractivity contribution in [2.75, 3.05) is 16.3 Å². The number of aromatic nitrogens is 1. The third-order valence-corrected chi connectivity index (χ3v) is 5.53. The van der Waals surface area contributed by atoms with Crippen molar-refractivity contribution in [2.24, 2.45) is 0 Å². The predicted molar refractivity (Wildman–Crippen MR) is 121 cm³/mol. The number of hydrogen-bond acceptors (Lipinski definition) is 4. The Balaban J connectivity index is 1.72. The highest BCUT2D eigenvalue weighted by atomic mass is 19.1. The Bertz CT molecular complexity index is 1180. The van der Waals surface area contributed by atoms with Crippen molar-refractivity contribution in [1.29, 1.82) is 5.26 Å². The van der Waals surface area contributed by atoms with E-state index in [4.69, 9.17) is 10.2 Å². The molecule has 0 amide bonds. The molecule has 0 bridgehead atoms. The molecule has 2 aromatic carbocycles. The maximum absolute atomic E-state index is 13.8. The van der Waals surface area contributed by atoms with Crippen molar-refractivity contribution >= 4 is 17.3 Å². The number of pyridine rings is 1. The van der Waals surface area contributed by atoms with Crippen molar-refractivity contribution in [3.8, 4) is 18.0 Å². The summed E-state index contributed by atoms with van der Waals surface area (Å²) >= 11 is 0. The van der Waals surface area contributed by atoms with Gasteiger partial charge in [0.25, 0.3) is 0 Å². The summed E-state index contributed by atoms with van der Waals surface area (Å²) in [6.07, 6.45) is 1.99. The molecule has 1 saturated heterocycles. The van der Waals surface area contributed by atoms with Crippen molar-refractivity contribution in [3.63, 3.8) is 0 Å². The number of nitriles is 1. The van der Waals surface area contributed by atoms with Crippen LogP contribution in [-0.4, -0.2) is 11.5 Å². The first kappa shape index (κ1) is 20.4. The lowest BCUT2D eigenvalue weighted by atomic mass is 10.0. The number of aryl methyl sites for hydroxylation is 1. The first-order valence-electron chi connectivity index (χ1n) is 10.3. The topological polar surface area (TPSA) is 43.2 Å². The van der Waals surface area contributed by atoms with Crippen molar-refractivity contribution in [2.45, 2.75) is 32.7 Å². The summed E-state index contributed by atoms with van der Waals surface area (Å²) in [4.78, 5) is 9.08. The van der Waals surface area contributed by atoms with Crippen LogP contribution < -0.4 is 9.80 Å². The third kappa shape index (κ3) is 4.22. The molecule has 2 heterocycles. The van der Waals surface area contributed by atoms with E-state index in [0.29, 0.717) is 5.56 Å². The normalized spacial score (nSPS) is 15.2. The van der Waals surface area contributed by atoms with Gasteiger partial charge in [0, 0.05) is 12.6 Å². The van der Waals surface area contributed by atoms with E-state index in [0.717, 1.165) is 47.8 Å². The first-order valence-corrected chi connectivity index (χ1v) is 10.3. The Hall–Kier alpha value is -3.83. The first-order chi connectivity index (χ1) is 15.1. The fourth-order valence-corrected chi connectivity index (χ4v) is 4.03. The minimum absolute atomic E-state index is 0.0966. The molecule has 1 aliphatic heterocycles. The molecule has 3 aromatic rings. The van der Waals surface area contributed by atoms with Gasteiger partial charge in [-0.3, -0.25) is 4.90 Å². The zero-order chi connectivity index (χ0) is 21.8. The molecule has 31 heavy (non-hydrogen) atoms. The van der Waals surface area contributed by atoms with Crippen LogP contribution in [0.25, 0.3) is 0 Å². The Morgan fingerprint density at radius 1 is 1.13 bits per heavy atom. The van der Waals surface area contributed by atoms with Crippen LogP contribution in [0.1, 0.15) is 42.5 Å². The molecule has 0 spiro atoms. The molecule has 4 rings (SSSR count). The largest absolute Gasteiger partial charge is 0.350 e. The predicted octanol–water partition coefficient (Wildman–Crippen LogP) is 5.86. The minimum atomic E-state index is -0.216. The Morgan fingerprint density at radius 3 is 2.65 bits per heavy atom. The van der Waals surface area contributed by atoms with E-state index in [2.05, 4.69) is 22.9 Å². The monoisotopic (exact) mass is 410 g/mol. The number of halogens is 1. The maximum atomic E-state index is 13.8. The second kappa shape index (κ2) is 8.90. The van der Waals surface area contributed by atoms with Gasteiger partial charge in [-0.05, 0) is 80.3 Å². The molecular weight excluding hydrogens is 387 g/mol. The molecule has 0 aliphatic carbocycles. The van der Waals surface area contributed by atoms with E-state index >= 15 is 0 Å². The Kier molecular flexibility index (Phi) is 5.87. The van der Waals surface area contributed by atoms with Gasteiger partial charge in [-0.15, -0.1) is 0 Å². The molecule has 1 fully saturated rings. The van der Waals surface area contributed by atoms with Crippen LogP contribution >= 0.6 is 0 Å². The van der Waals surface area contributed by atoms with Crippen LogP contribution in [0.3, 0.4) is 0 Å². The van der Waals surface area contributed by atoms with Gasteiger partial charge in [-0.25, -0.2) is 9.37 Å². The van der Waals surface area contributed by atoms with Gasteiger partial charge in [-0.1, -0.05) is 24.1 Å². The average molecular weight is 410 g/mol. The number of anilines is 3. The van der Waals surface area contributed by atoms with E-state index in [1.807, 2.05) is 42.2 Å². The third-order valence-electron chi connectivity index (χ3n) is 5.53. The number of benzene rings is 2. The number of nitrogens with zero attached hydrogens (tertiary/aromatic N) is 4. The van der Waals surface area contributed by atoms with Crippen molar-refractivity contribution < 1.29 is 4.39 Å².